The highest BCUT2D eigenvalue weighted by Gasteiger charge is 2.37. The molecule has 1 aromatic rings. The van der Waals surface area contributed by atoms with Crippen LogP contribution in [0.25, 0.3) is 0 Å². The van der Waals surface area contributed by atoms with Crippen LogP contribution in [0.15, 0.2) is 18.2 Å². The summed E-state index contributed by atoms with van der Waals surface area (Å²) in [6.07, 6.45) is -7.00. The van der Waals surface area contributed by atoms with E-state index in [1.165, 1.54) is 0 Å². The van der Waals surface area contributed by atoms with E-state index in [4.69, 9.17) is 5.73 Å². The van der Waals surface area contributed by atoms with Gasteiger partial charge in [-0.2, -0.15) is 26.3 Å². The third kappa shape index (κ3) is 5.68. The number of halogens is 7. The van der Waals surface area contributed by atoms with Gasteiger partial charge in [-0.05, 0) is 30.2 Å². The largest absolute Gasteiger partial charge is 0.416 e. The molecule has 0 radical (unpaired) electrons. The predicted octanol–water partition coefficient (Wildman–Crippen LogP) is 5.73. The Morgan fingerprint density at radius 3 is 2.05 bits per heavy atom. The number of rotatable bonds is 5. The molecule has 0 aliphatic rings. The average molecular weight is 350 g/mol. The van der Waals surface area contributed by atoms with Crippen molar-refractivity contribution < 1.29 is 26.3 Å². The third-order valence-corrected chi connectivity index (χ3v) is 3.20. The molecule has 1 rings (SSSR count). The first-order valence-electron chi connectivity index (χ1n) is 6.61. The van der Waals surface area contributed by atoms with Crippen molar-refractivity contribution in [1.29, 1.82) is 0 Å². The van der Waals surface area contributed by atoms with Gasteiger partial charge in [-0.3, -0.25) is 0 Å². The quantitative estimate of drug-likeness (QED) is 0.533. The molecule has 1 atom stereocenters. The van der Waals surface area contributed by atoms with Gasteiger partial charge in [0, 0.05) is 6.04 Å². The molecule has 0 aromatic heterocycles. The van der Waals surface area contributed by atoms with Crippen molar-refractivity contribution in [1.82, 2.24) is 0 Å². The predicted molar refractivity (Wildman–Crippen MR) is 74.8 cm³/mol. The van der Waals surface area contributed by atoms with Gasteiger partial charge in [-0.25, -0.2) is 0 Å². The van der Waals surface area contributed by atoms with Crippen LogP contribution in [-0.2, 0) is 12.4 Å². The molecule has 128 valence electrons. The van der Waals surface area contributed by atoms with Gasteiger partial charge in [0.1, 0.15) is 0 Å². The first-order chi connectivity index (χ1) is 9.57. The van der Waals surface area contributed by atoms with Gasteiger partial charge in [0.05, 0.1) is 11.1 Å². The fraction of sp³-hybridized carbons (Fsp3) is 0.571. The van der Waals surface area contributed by atoms with E-state index in [1.807, 2.05) is 6.92 Å². The van der Waals surface area contributed by atoms with E-state index < -0.39 is 35.1 Å². The molecule has 0 heterocycles. The number of nitrogens with two attached hydrogens (primary N) is 1. The second-order valence-electron chi connectivity index (χ2n) is 4.90. The van der Waals surface area contributed by atoms with E-state index >= 15 is 0 Å². The molecule has 8 heteroatoms. The lowest BCUT2D eigenvalue weighted by molar-refractivity contribution is -0.142. The number of unbranched alkanes of at least 4 members (excludes halogenated alkanes) is 2. The Hall–Kier alpha value is -0.950. The summed E-state index contributed by atoms with van der Waals surface area (Å²) in [6, 6.07) is 0.345. The van der Waals surface area contributed by atoms with Crippen molar-refractivity contribution in [2.75, 3.05) is 0 Å². The minimum atomic E-state index is -4.72. The first-order valence-corrected chi connectivity index (χ1v) is 6.61. The molecule has 0 amide bonds. The number of hydrogen-bond donors (Lipinski definition) is 1. The van der Waals surface area contributed by atoms with Crippen molar-refractivity contribution in [2.45, 2.75) is 51.0 Å². The van der Waals surface area contributed by atoms with Crippen LogP contribution in [-0.4, -0.2) is 0 Å². The van der Waals surface area contributed by atoms with Crippen LogP contribution in [0, 0.1) is 0 Å². The average Bonchev–Trinajstić information content (AvgIpc) is 2.36. The number of alkyl halides is 6. The molecule has 1 nitrogen and oxygen atoms in total. The number of benzene rings is 1. The molecule has 0 unspecified atom stereocenters. The summed E-state index contributed by atoms with van der Waals surface area (Å²) in [6.45, 7) is 1.91. The molecule has 2 N–H and O–H groups in total. The van der Waals surface area contributed by atoms with Crippen molar-refractivity contribution >= 4 is 12.4 Å². The van der Waals surface area contributed by atoms with Crippen LogP contribution in [0.5, 0.6) is 0 Å². The molecule has 0 aliphatic carbocycles. The maximum Gasteiger partial charge on any atom is 0.416 e. The van der Waals surface area contributed by atoms with Gasteiger partial charge in [0.25, 0.3) is 0 Å². The van der Waals surface area contributed by atoms with Crippen molar-refractivity contribution in [2.24, 2.45) is 5.73 Å². The minimum Gasteiger partial charge on any atom is -0.324 e. The molecule has 0 bridgehead atoms. The molecular formula is C14H18ClF6N. The van der Waals surface area contributed by atoms with Crippen LogP contribution in [0.2, 0.25) is 0 Å². The lowest BCUT2D eigenvalue weighted by atomic mass is 9.94. The summed E-state index contributed by atoms with van der Waals surface area (Å²) in [4.78, 5) is 0. The van der Waals surface area contributed by atoms with E-state index in [0.29, 0.717) is 24.6 Å². The monoisotopic (exact) mass is 349 g/mol. The summed E-state index contributed by atoms with van der Waals surface area (Å²) in [5.41, 5.74) is 2.97. The van der Waals surface area contributed by atoms with Crippen LogP contribution in [0.3, 0.4) is 0 Å². The molecule has 1 aromatic carbocycles. The Labute approximate surface area is 131 Å². The SMILES string of the molecule is CCCCC[C@@H](N)c1cc(C(F)(F)F)ccc1C(F)(F)F.Cl. The van der Waals surface area contributed by atoms with Crippen LogP contribution in [0.1, 0.15) is 55.3 Å². The van der Waals surface area contributed by atoms with Crippen LogP contribution in [0.4, 0.5) is 26.3 Å². The summed E-state index contributed by atoms with van der Waals surface area (Å²) < 4.78 is 76.6. The molecule has 0 fully saturated rings. The second-order valence-corrected chi connectivity index (χ2v) is 4.90. The topological polar surface area (TPSA) is 26.0 Å². The zero-order chi connectivity index (χ0) is 16.3. The van der Waals surface area contributed by atoms with Gasteiger partial charge >= 0.3 is 12.4 Å². The Morgan fingerprint density at radius 2 is 1.59 bits per heavy atom. The Morgan fingerprint density at radius 1 is 1.00 bits per heavy atom. The van der Waals surface area contributed by atoms with Crippen LogP contribution < -0.4 is 5.73 Å². The van der Waals surface area contributed by atoms with Crippen molar-refractivity contribution in [3.8, 4) is 0 Å². The van der Waals surface area contributed by atoms with E-state index in [0.717, 1.165) is 12.8 Å². The van der Waals surface area contributed by atoms with Crippen LogP contribution >= 0.6 is 12.4 Å². The highest BCUT2D eigenvalue weighted by molar-refractivity contribution is 5.85. The molecule has 0 saturated carbocycles. The van der Waals surface area contributed by atoms with Gasteiger partial charge in [0.2, 0.25) is 0 Å². The maximum atomic E-state index is 12.9. The minimum absolute atomic E-state index is 0. The highest BCUT2D eigenvalue weighted by atomic mass is 35.5. The smallest absolute Gasteiger partial charge is 0.324 e. The summed E-state index contributed by atoms with van der Waals surface area (Å²) >= 11 is 0. The molecule has 0 spiro atoms. The van der Waals surface area contributed by atoms with E-state index in [2.05, 4.69) is 0 Å². The Bertz CT molecular complexity index is 469. The Balaban J connectivity index is 0.00000441. The lowest BCUT2D eigenvalue weighted by Gasteiger charge is -2.20. The molecular weight excluding hydrogens is 332 g/mol. The van der Waals surface area contributed by atoms with Crippen molar-refractivity contribution in [3.05, 3.63) is 34.9 Å². The first kappa shape index (κ1) is 21.0. The normalized spacial score (nSPS) is 13.6. The molecule has 0 saturated heterocycles. The van der Waals surface area contributed by atoms with Gasteiger partial charge in [-0.1, -0.05) is 26.2 Å². The third-order valence-electron chi connectivity index (χ3n) is 3.20. The van der Waals surface area contributed by atoms with E-state index in [-0.39, 0.29) is 18.8 Å². The summed E-state index contributed by atoms with van der Waals surface area (Å²) in [5, 5.41) is 0. The van der Waals surface area contributed by atoms with Crippen molar-refractivity contribution in [3.63, 3.8) is 0 Å². The lowest BCUT2D eigenvalue weighted by Crippen LogP contribution is -2.19. The van der Waals surface area contributed by atoms with E-state index in [9.17, 15) is 26.3 Å². The standard InChI is InChI=1S/C14H17F6N.ClH/c1-2-3-4-5-12(21)10-8-9(13(15,16)17)6-7-11(10)14(18,19)20;/h6-8,12H,2-5,21H2,1H3;1H/t12-;/m1./s1. The Kier molecular flexibility index (Phi) is 7.71. The highest BCUT2D eigenvalue weighted by Crippen LogP contribution is 2.39. The summed E-state index contributed by atoms with van der Waals surface area (Å²) in [7, 11) is 0. The summed E-state index contributed by atoms with van der Waals surface area (Å²) in [5.74, 6) is 0. The molecule has 22 heavy (non-hydrogen) atoms. The zero-order valence-corrected chi connectivity index (χ0v) is 12.7. The second kappa shape index (κ2) is 8.06. The fourth-order valence-corrected chi connectivity index (χ4v) is 2.07. The van der Waals surface area contributed by atoms with Gasteiger partial charge < -0.3 is 5.73 Å². The van der Waals surface area contributed by atoms with E-state index in [1.54, 1.807) is 0 Å². The fourth-order valence-electron chi connectivity index (χ4n) is 2.07. The molecule has 0 aliphatic heterocycles. The number of hydrogen-bond acceptors (Lipinski definition) is 1. The van der Waals surface area contributed by atoms with Gasteiger partial charge in [0.15, 0.2) is 0 Å². The maximum absolute atomic E-state index is 12.9. The zero-order valence-electron chi connectivity index (χ0n) is 11.9. The van der Waals surface area contributed by atoms with Gasteiger partial charge in [-0.15, -0.1) is 12.4 Å².